The molecule has 0 saturated carbocycles. The number of fused-ring (bicyclic) bond motifs is 1. The van der Waals surface area contributed by atoms with Gasteiger partial charge in [0, 0.05) is 43.0 Å². The quantitative estimate of drug-likeness (QED) is 0.786. The third-order valence-electron chi connectivity index (χ3n) is 4.51. The highest BCUT2D eigenvalue weighted by Gasteiger charge is 2.32. The summed E-state index contributed by atoms with van der Waals surface area (Å²) >= 11 is 1.96. The standard InChI is InChI=1S/C17H25N3OS/c1-2-7-22-11-13-9-20(10-16(13)21)8-12-3-4-14-15(18)5-6-19-17(12)14/h3,5-6,13,16,21H,2,4,7-11H2,1H3,(H2,18,19)/t13-,16-/m1/s1. The summed E-state index contributed by atoms with van der Waals surface area (Å²) in [5.74, 6) is 2.64. The summed E-state index contributed by atoms with van der Waals surface area (Å²) in [7, 11) is 0. The number of thioether (sulfide) groups is 1. The maximum atomic E-state index is 10.3. The first-order chi connectivity index (χ1) is 10.7. The van der Waals surface area contributed by atoms with Crippen LogP contribution in [0.5, 0.6) is 0 Å². The number of anilines is 1. The molecule has 3 rings (SSSR count). The van der Waals surface area contributed by atoms with Gasteiger partial charge in [-0.25, -0.2) is 0 Å². The lowest BCUT2D eigenvalue weighted by Gasteiger charge is -2.17. The van der Waals surface area contributed by atoms with E-state index in [1.165, 1.54) is 17.7 Å². The van der Waals surface area contributed by atoms with Crippen molar-refractivity contribution in [1.29, 1.82) is 0 Å². The Kier molecular flexibility index (Phi) is 5.06. The van der Waals surface area contributed by atoms with Gasteiger partial charge in [-0.2, -0.15) is 11.8 Å². The Morgan fingerprint density at radius 1 is 1.45 bits per heavy atom. The molecule has 1 aliphatic carbocycles. The van der Waals surface area contributed by atoms with Crippen LogP contribution >= 0.6 is 11.8 Å². The number of allylic oxidation sites excluding steroid dienone is 1. The van der Waals surface area contributed by atoms with E-state index in [1.807, 2.05) is 17.8 Å². The van der Waals surface area contributed by atoms with Gasteiger partial charge >= 0.3 is 0 Å². The number of aliphatic hydroxyl groups is 1. The smallest absolute Gasteiger partial charge is 0.0727 e. The number of aliphatic hydroxyl groups excluding tert-OH is 1. The lowest BCUT2D eigenvalue weighted by Crippen LogP contribution is -2.24. The minimum Gasteiger partial charge on any atom is -0.398 e. The Morgan fingerprint density at radius 3 is 3.14 bits per heavy atom. The second-order valence-corrected chi connectivity index (χ2v) is 7.41. The second kappa shape index (κ2) is 7.02. The van der Waals surface area contributed by atoms with E-state index in [1.54, 1.807) is 6.20 Å². The monoisotopic (exact) mass is 319 g/mol. The Hall–Kier alpha value is -1.04. The number of nitrogens with zero attached hydrogens (tertiary/aromatic N) is 2. The van der Waals surface area contributed by atoms with Gasteiger partial charge in [-0.05, 0) is 36.0 Å². The molecule has 4 nitrogen and oxygen atoms in total. The van der Waals surface area contributed by atoms with Crippen molar-refractivity contribution in [1.82, 2.24) is 9.88 Å². The van der Waals surface area contributed by atoms with Gasteiger partial charge in [0.25, 0.3) is 0 Å². The number of likely N-dealkylation sites (tertiary alicyclic amines) is 1. The molecule has 0 radical (unpaired) electrons. The van der Waals surface area contributed by atoms with Crippen LogP contribution in [0.15, 0.2) is 18.3 Å². The van der Waals surface area contributed by atoms with E-state index in [0.717, 1.165) is 48.8 Å². The van der Waals surface area contributed by atoms with Crippen molar-refractivity contribution in [2.24, 2.45) is 5.92 Å². The van der Waals surface area contributed by atoms with E-state index in [0.29, 0.717) is 5.92 Å². The molecular formula is C17H25N3OS. The summed E-state index contributed by atoms with van der Waals surface area (Å²) in [5, 5.41) is 10.3. The zero-order valence-corrected chi connectivity index (χ0v) is 14.0. The normalized spacial score (nSPS) is 24.5. The van der Waals surface area contributed by atoms with Crippen LogP contribution in [0.1, 0.15) is 24.6 Å². The maximum Gasteiger partial charge on any atom is 0.0727 e. The fourth-order valence-corrected chi connectivity index (χ4v) is 4.40. The van der Waals surface area contributed by atoms with E-state index in [-0.39, 0.29) is 6.10 Å². The summed E-state index contributed by atoms with van der Waals surface area (Å²) in [6.07, 6.45) is 5.92. The topological polar surface area (TPSA) is 62.4 Å². The van der Waals surface area contributed by atoms with Crippen LogP contribution in [-0.2, 0) is 6.42 Å². The van der Waals surface area contributed by atoms with Crippen LogP contribution in [0.25, 0.3) is 5.57 Å². The highest BCUT2D eigenvalue weighted by molar-refractivity contribution is 7.99. The molecule has 1 aromatic heterocycles. The van der Waals surface area contributed by atoms with Crippen LogP contribution in [0.3, 0.4) is 0 Å². The van der Waals surface area contributed by atoms with Crippen LogP contribution in [-0.4, -0.2) is 52.2 Å². The lowest BCUT2D eigenvalue weighted by molar-refractivity contribution is 0.151. The van der Waals surface area contributed by atoms with E-state index < -0.39 is 0 Å². The number of nitrogens with two attached hydrogens (primary N) is 1. The van der Waals surface area contributed by atoms with Crippen molar-refractivity contribution in [2.75, 3.05) is 36.9 Å². The molecule has 0 bridgehead atoms. The minimum absolute atomic E-state index is 0.195. The fraction of sp³-hybridized carbons (Fsp3) is 0.588. The Balaban J connectivity index is 1.59. The highest BCUT2D eigenvalue weighted by Crippen LogP contribution is 2.31. The van der Waals surface area contributed by atoms with Crippen molar-refractivity contribution < 1.29 is 5.11 Å². The number of β-amino-alcohol motifs (C(OH)–C–C–N with tert-alkyl or cyclic N) is 1. The number of aromatic nitrogens is 1. The van der Waals surface area contributed by atoms with Crippen molar-refractivity contribution >= 4 is 23.0 Å². The van der Waals surface area contributed by atoms with E-state index in [4.69, 9.17) is 5.73 Å². The third-order valence-corrected chi connectivity index (χ3v) is 5.87. The molecule has 1 saturated heterocycles. The summed E-state index contributed by atoms with van der Waals surface area (Å²) in [6.45, 7) is 4.82. The first-order valence-corrected chi connectivity index (χ1v) is 9.25. The number of pyridine rings is 1. The number of rotatable bonds is 6. The predicted molar refractivity (Wildman–Crippen MR) is 93.9 cm³/mol. The summed E-state index contributed by atoms with van der Waals surface area (Å²) in [5.41, 5.74) is 10.3. The average Bonchev–Trinajstić information content (AvgIpc) is 3.05. The highest BCUT2D eigenvalue weighted by atomic mass is 32.2. The van der Waals surface area contributed by atoms with Gasteiger partial charge in [-0.15, -0.1) is 0 Å². The number of nitrogen functional groups attached to an aromatic ring is 1. The SMILES string of the molecule is CCCSC[C@H]1CN(CC2=CCc3c(N)ccnc32)C[C@H]1O. The van der Waals surface area contributed by atoms with E-state index >= 15 is 0 Å². The lowest BCUT2D eigenvalue weighted by atomic mass is 10.1. The maximum absolute atomic E-state index is 10.3. The Morgan fingerprint density at radius 2 is 2.32 bits per heavy atom. The first kappa shape index (κ1) is 15.8. The van der Waals surface area contributed by atoms with Gasteiger partial charge in [0.15, 0.2) is 0 Å². The van der Waals surface area contributed by atoms with E-state index in [9.17, 15) is 5.11 Å². The molecule has 0 unspecified atom stereocenters. The fourth-order valence-electron chi connectivity index (χ4n) is 3.31. The first-order valence-electron chi connectivity index (χ1n) is 8.10. The van der Waals surface area contributed by atoms with Gasteiger partial charge in [-0.3, -0.25) is 9.88 Å². The molecule has 2 aliphatic rings. The molecule has 0 spiro atoms. The largest absolute Gasteiger partial charge is 0.398 e. The third kappa shape index (κ3) is 3.31. The van der Waals surface area contributed by atoms with Crippen molar-refractivity contribution in [3.05, 3.63) is 29.6 Å². The average molecular weight is 319 g/mol. The summed E-state index contributed by atoms with van der Waals surface area (Å²) in [6, 6.07) is 1.87. The van der Waals surface area contributed by atoms with Crippen LogP contribution in [0.2, 0.25) is 0 Å². The minimum atomic E-state index is -0.195. The van der Waals surface area contributed by atoms with Gasteiger partial charge in [0.2, 0.25) is 0 Å². The molecule has 1 aliphatic heterocycles. The molecule has 120 valence electrons. The van der Waals surface area contributed by atoms with E-state index in [2.05, 4.69) is 22.9 Å². The van der Waals surface area contributed by atoms with Gasteiger partial charge in [0.05, 0.1) is 11.8 Å². The molecule has 0 amide bonds. The van der Waals surface area contributed by atoms with Gasteiger partial charge in [-0.1, -0.05) is 13.0 Å². The van der Waals surface area contributed by atoms with Crippen LogP contribution in [0, 0.1) is 5.92 Å². The zero-order valence-electron chi connectivity index (χ0n) is 13.2. The Labute approximate surface area is 136 Å². The molecular weight excluding hydrogens is 294 g/mol. The molecule has 5 heteroatoms. The van der Waals surface area contributed by atoms with Crippen LogP contribution < -0.4 is 5.73 Å². The second-order valence-electron chi connectivity index (χ2n) is 6.26. The van der Waals surface area contributed by atoms with Crippen molar-refractivity contribution in [3.63, 3.8) is 0 Å². The molecule has 3 N–H and O–H groups in total. The Bertz CT molecular complexity index is 561. The van der Waals surface area contributed by atoms with Crippen LogP contribution in [0.4, 0.5) is 5.69 Å². The molecule has 22 heavy (non-hydrogen) atoms. The molecule has 1 aromatic rings. The zero-order chi connectivity index (χ0) is 15.5. The van der Waals surface area contributed by atoms with Gasteiger partial charge < -0.3 is 10.8 Å². The number of hydrogen-bond acceptors (Lipinski definition) is 5. The molecule has 2 atom stereocenters. The summed E-state index contributed by atoms with van der Waals surface area (Å²) < 4.78 is 0. The molecule has 1 fully saturated rings. The summed E-state index contributed by atoms with van der Waals surface area (Å²) in [4.78, 5) is 6.86. The number of hydrogen-bond donors (Lipinski definition) is 2. The predicted octanol–water partition coefficient (Wildman–Crippen LogP) is 2.04. The van der Waals surface area contributed by atoms with Crippen molar-refractivity contribution in [3.8, 4) is 0 Å². The molecule has 0 aromatic carbocycles. The molecule has 2 heterocycles. The van der Waals surface area contributed by atoms with Gasteiger partial charge in [0.1, 0.15) is 0 Å². The van der Waals surface area contributed by atoms with Crippen molar-refractivity contribution in [2.45, 2.75) is 25.9 Å².